The molecule has 1 aromatic carbocycles. The summed E-state index contributed by atoms with van der Waals surface area (Å²) < 4.78 is 10.7. The highest BCUT2D eigenvalue weighted by Gasteiger charge is 2.21. The zero-order chi connectivity index (χ0) is 17.4. The number of nitrogens with one attached hydrogen (secondary N) is 1. The molecule has 1 aliphatic rings. The van der Waals surface area contributed by atoms with Crippen molar-refractivity contribution >= 4 is 11.9 Å². The number of methoxy groups -OCH3 is 1. The lowest BCUT2D eigenvalue weighted by atomic mass is 9.98. The van der Waals surface area contributed by atoms with Crippen LogP contribution in [0.5, 0.6) is 5.75 Å². The highest BCUT2D eigenvalue weighted by Crippen LogP contribution is 2.21. The fraction of sp³-hybridized carbons (Fsp3) is 0.556. The summed E-state index contributed by atoms with van der Waals surface area (Å²) >= 11 is 0. The smallest absolute Gasteiger partial charge is 0.308 e. The molecule has 0 spiro atoms. The van der Waals surface area contributed by atoms with Crippen molar-refractivity contribution in [3.05, 3.63) is 29.8 Å². The Hall–Kier alpha value is -2.08. The SMILES string of the molecule is COc1ccccc1CC(CNC(=O)CCC1CCCO1)C(=O)O. The highest BCUT2D eigenvalue weighted by molar-refractivity contribution is 5.77. The standard InChI is InChI=1S/C18H25NO5/c1-23-16-7-3-2-5-13(16)11-14(18(21)22)12-19-17(20)9-8-15-6-4-10-24-15/h2-3,5,7,14-15H,4,6,8-12H2,1H3,(H,19,20)(H,21,22). The molecule has 1 saturated heterocycles. The summed E-state index contributed by atoms with van der Waals surface area (Å²) in [6, 6.07) is 7.32. The van der Waals surface area contributed by atoms with Crippen molar-refractivity contribution in [3.8, 4) is 5.75 Å². The van der Waals surface area contributed by atoms with Gasteiger partial charge in [-0.1, -0.05) is 18.2 Å². The Morgan fingerprint density at radius 3 is 2.88 bits per heavy atom. The van der Waals surface area contributed by atoms with E-state index in [1.54, 1.807) is 13.2 Å². The molecule has 1 heterocycles. The van der Waals surface area contributed by atoms with E-state index in [-0.39, 0.29) is 18.6 Å². The number of aliphatic carboxylic acids is 1. The second-order valence-corrected chi connectivity index (χ2v) is 6.03. The minimum absolute atomic E-state index is 0.109. The maximum absolute atomic E-state index is 11.9. The molecule has 2 unspecified atom stereocenters. The number of amides is 1. The third-order valence-corrected chi connectivity index (χ3v) is 4.27. The first-order valence-electron chi connectivity index (χ1n) is 8.33. The van der Waals surface area contributed by atoms with E-state index in [1.807, 2.05) is 18.2 Å². The first-order valence-corrected chi connectivity index (χ1v) is 8.33. The molecule has 0 saturated carbocycles. The molecule has 1 aromatic rings. The predicted octanol–water partition coefficient (Wildman–Crippen LogP) is 2.01. The van der Waals surface area contributed by atoms with Gasteiger partial charge in [-0.05, 0) is 37.3 Å². The van der Waals surface area contributed by atoms with E-state index in [4.69, 9.17) is 9.47 Å². The Bertz CT molecular complexity index is 554. The number of carboxylic acid groups (broad SMARTS) is 1. The zero-order valence-electron chi connectivity index (χ0n) is 14.0. The lowest BCUT2D eigenvalue weighted by molar-refractivity contribution is -0.141. The number of para-hydroxylation sites is 1. The summed E-state index contributed by atoms with van der Waals surface area (Å²) in [7, 11) is 1.56. The number of rotatable bonds is 9. The number of hydrogen-bond donors (Lipinski definition) is 2. The maximum Gasteiger partial charge on any atom is 0.308 e. The Kier molecular flexibility index (Phi) is 7.06. The van der Waals surface area contributed by atoms with Gasteiger partial charge in [0.1, 0.15) is 5.75 Å². The minimum atomic E-state index is -0.930. The number of benzene rings is 1. The first-order chi connectivity index (χ1) is 11.6. The second kappa shape index (κ2) is 9.27. The van der Waals surface area contributed by atoms with Crippen LogP contribution in [-0.4, -0.2) is 43.3 Å². The quantitative estimate of drug-likeness (QED) is 0.721. The van der Waals surface area contributed by atoms with Crippen LogP contribution in [0.1, 0.15) is 31.2 Å². The van der Waals surface area contributed by atoms with Crippen LogP contribution in [0.25, 0.3) is 0 Å². The summed E-state index contributed by atoms with van der Waals surface area (Å²) in [6.45, 7) is 0.879. The highest BCUT2D eigenvalue weighted by atomic mass is 16.5. The molecule has 1 aliphatic heterocycles. The van der Waals surface area contributed by atoms with Crippen molar-refractivity contribution in [2.45, 2.75) is 38.2 Å². The zero-order valence-corrected chi connectivity index (χ0v) is 14.0. The van der Waals surface area contributed by atoms with Crippen molar-refractivity contribution in [2.24, 2.45) is 5.92 Å². The lowest BCUT2D eigenvalue weighted by Crippen LogP contribution is -2.34. The number of ether oxygens (including phenoxy) is 2. The predicted molar refractivity (Wildman–Crippen MR) is 89.0 cm³/mol. The van der Waals surface area contributed by atoms with Crippen LogP contribution in [0.2, 0.25) is 0 Å². The number of carbonyl (C=O) groups is 2. The molecule has 2 N–H and O–H groups in total. The Balaban J connectivity index is 1.82. The largest absolute Gasteiger partial charge is 0.496 e. The first kappa shape index (κ1) is 18.3. The third-order valence-electron chi connectivity index (χ3n) is 4.27. The van der Waals surface area contributed by atoms with E-state index in [0.29, 0.717) is 25.0 Å². The molecule has 0 aliphatic carbocycles. The van der Waals surface area contributed by atoms with Crippen molar-refractivity contribution in [2.75, 3.05) is 20.3 Å². The van der Waals surface area contributed by atoms with Crippen LogP contribution in [0.3, 0.4) is 0 Å². The number of carboxylic acids is 1. The van der Waals surface area contributed by atoms with Crippen LogP contribution in [0.15, 0.2) is 24.3 Å². The monoisotopic (exact) mass is 335 g/mol. The molecule has 2 atom stereocenters. The van der Waals surface area contributed by atoms with Crippen LogP contribution in [-0.2, 0) is 20.7 Å². The van der Waals surface area contributed by atoms with E-state index in [2.05, 4.69) is 5.32 Å². The molecule has 132 valence electrons. The van der Waals surface area contributed by atoms with Gasteiger partial charge in [-0.2, -0.15) is 0 Å². The summed E-state index contributed by atoms with van der Waals surface area (Å²) in [5.74, 6) is -1.08. The summed E-state index contributed by atoms with van der Waals surface area (Å²) in [4.78, 5) is 23.4. The molecule has 0 bridgehead atoms. The van der Waals surface area contributed by atoms with Crippen LogP contribution in [0, 0.1) is 5.92 Å². The molecular formula is C18H25NO5. The Morgan fingerprint density at radius 1 is 1.42 bits per heavy atom. The van der Waals surface area contributed by atoms with Crippen LogP contribution >= 0.6 is 0 Å². The van der Waals surface area contributed by atoms with E-state index < -0.39 is 11.9 Å². The summed E-state index contributed by atoms with van der Waals surface area (Å²) in [5.41, 5.74) is 0.820. The topological polar surface area (TPSA) is 84.9 Å². The Labute approximate surface area is 142 Å². The van der Waals surface area contributed by atoms with Crippen LogP contribution in [0.4, 0.5) is 0 Å². The van der Waals surface area contributed by atoms with Crippen molar-refractivity contribution in [3.63, 3.8) is 0 Å². The van der Waals surface area contributed by atoms with E-state index in [1.165, 1.54) is 0 Å². The van der Waals surface area contributed by atoms with Gasteiger partial charge in [-0.15, -0.1) is 0 Å². The van der Waals surface area contributed by atoms with Gasteiger partial charge in [-0.25, -0.2) is 0 Å². The molecule has 6 heteroatoms. The molecule has 6 nitrogen and oxygen atoms in total. The second-order valence-electron chi connectivity index (χ2n) is 6.03. The Morgan fingerprint density at radius 2 is 2.21 bits per heavy atom. The van der Waals surface area contributed by atoms with Gasteiger partial charge in [0.25, 0.3) is 0 Å². The average Bonchev–Trinajstić information content (AvgIpc) is 3.10. The summed E-state index contributed by atoms with van der Waals surface area (Å²) in [5, 5.41) is 12.1. The average molecular weight is 335 g/mol. The van der Waals surface area contributed by atoms with E-state index in [9.17, 15) is 14.7 Å². The van der Waals surface area contributed by atoms with Gasteiger partial charge in [-0.3, -0.25) is 9.59 Å². The molecule has 1 fully saturated rings. The van der Waals surface area contributed by atoms with Gasteiger partial charge in [0.2, 0.25) is 5.91 Å². The minimum Gasteiger partial charge on any atom is -0.496 e. The van der Waals surface area contributed by atoms with E-state index >= 15 is 0 Å². The van der Waals surface area contributed by atoms with Crippen molar-refractivity contribution in [1.29, 1.82) is 0 Å². The van der Waals surface area contributed by atoms with Crippen molar-refractivity contribution < 1.29 is 24.2 Å². The van der Waals surface area contributed by atoms with Gasteiger partial charge >= 0.3 is 5.97 Å². The third kappa shape index (κ3) is 5.53. The number of hydrogen-bond acceptors (Lipinski definition) is 4. The molecule has 24 heavy (non-hydrogen) atoms. The molecule has 1 amide bonds. The van der Waals surface area contributed by atoms with Gasteiger partial charge in [0, 0.05) is 19.6 Å². The molecule has 0 radical (unpaired) electrons. The van der Waals surface area contributed by atoms with E-state index in [0.717, 1.165) is 25.0 Å². The summed E-state index contributed by atoms with van der Waals surface area (Å²) in [6.07, 6.45) is 3.58. The van der Waals surface area contributed by atoms with Gasteiger partial charge in [0.05, 0.1) is 19.1 Å². The van der Waals surface area contributed by atoms with Gasteiger partial charge < -0.3 is 19.9 Å². The molecule has 0 aromatic heterocycles. The fourth-order valence-electron chi connectivity index (χ4n) is 2.87. The van der Waals surface area contributed by atoms with Gasteiger partial charge in [0.15, 0.2) is 0 Å². The van der Waals surface area contributed by atoms with Crippen molar-refractivity contribution in [1.82, 2.24) is 5.32 Å². The normalized spacial score (nSPS) is 18.1. The molecule has 2 rings (SSSR count). The maximum atomic E-state index is 11.9. The fourth-order valence-corrected chi connectivity index (χ4v) is 2.87. The van der Waals surface area contributed by atoms with Crippen LogP contribution < -0.4 is 10.1 Å². The molecular weight excluding hydrogens is 310 g/mol. The number of carbonyl (C=O) groups excluding carboxylic acids is 1. The lowest BCUT2D eigenvalue weighted by Gasteiger charge is -2.16.